The lowest BCUT2D eigenvalue weighted by atomic mass is 10.1. The molecule has 1 N–H and O–H groups in total. The van der Waals surface area contributed by atoms with Crippen LogP contribution in [-0.4, -0.2) is 27.2 Å². The van der Waals surface area contributed by atoms with Crippen LogP contribution in [0.4, 0.5) is 0 Å². The lowest BCUT2D eigenvalue weighted by molar-refractivity contribution is -0.141. The van der Waals surface area contributed by atoms with Crippen molar-refractivity contribution in [2.75, 3.05) is 6.61 Å². The molecule has 0 fully saturated rings. The van der Waals surface area contributed by atoms with Crippen LogP contribution in [0.5, 0.6) is 5.75 Å². The Balaban J connectivity index is 2.14. The number of hydrogen-bond donors (Lipinski definition) is 1. The summed E-state index contributed by atoms with van der Waals surface area (Å²) in [6.45, 7) is 4.24. The second-order valence-electron chi connectivity index (χ2n) is 5.51. The van der Waals surface area contributed by atoms with Crippen LogP contribution in [-0.2, 0) is 4.79 Å². The maximum atomic E-state index is 12.9. The Morgan fingerprint density at radius 3 is 2.64 bits per heavy atom. The van der Waals surface area contributed by atoms with Gasteiger partial charge in [-0.2, -0.15) is 0 Å². The maximum Gasteiger partial charge on any atom is 0.326 e. The number of carboxylic acids is 1. The van der Waals surface area contributed by atoms with Gasteiger partial charge in [-0.05, 0) is 31.0 Å². The maximum absolute atomic E-state index is 12.9. The molecule has 130 valence electrons. The molecule has 0 spiro atoms. The molecular weight excluding hydrogens is 340 g/mol. The molecule has 6 nitrogen and oxygen atoms in total. The standard InChI is InChI=1S/C18H18N2O4S/c1-3-14(18(22)23)20-10-19-16-15(17(20)21)13(9-25-16)11-5-7-12(8-6-11)24-4-2/h5-10,14H,3-4H2,1-2H3,(H,22,23)/t14-/m1/s1. The summed E-state index contributed by atoms with van der Waals surface area (Å²) in [5, 5.41) is 11.7. The van der Waals surface area contributed by atoms with Crippen LogP contribution in [0, 0.1) is 0 Å². The van der Waals surface area contributed by atoms with Crippen molar-refractivity contribution in [1.29, 1.82) is 0 Å². The van der Waals surface area contributed by atoms with Crippen molar-refractivity contribution in [3.63, 3.8) is 0 Å². The first-order valence-corrected chi connectivity index (χ1v) is 8.89. The zero-order valence-corrected chi connectivity index (χ0v) is 14.7. The molecule has 0 aliphatic carbocycles. The first kappa shape index (κ1) is 17.2. The second kappa shape index (κ2) is 7.06. The van der Waals surface area contributed by atoms with Crippen LogP contribution in [0.15, 0.2) is 40.8 Å². The Morgan fingerprint density at radius 2 is 2.04 bits per heavy atom. The monoisotopic (exact) mass is 358 g/mol. The highest BCUT2D eigenvalue weighted by molar-refractivity contribution is 7.17. The van der Waals surface area contributed by atoms with Crippen molar-refractivity contribution < 1.29 is 14.6 Å². The molecule has 3 rings (SSSR count). The Labute approximate surface area is 148 Å². The molecule has 0 aliphatic heterocycles. The zero-order valence-electron chi connectivity index (χ0n) is 13.9. The minimum absolute atomic E-state index is 0.310. The highest BCUT2D eigenvalue weighted by Gasteiger charge is 2.21. The summed E-state index contributed by atoms with van der Waals surface area (Å²) in [6.07, 6.45) is 1.64. The van der Waals surface area contributed by atoms with Crippen molar-refractivity contribution in [1.82, 2.24) is 9.55 Å². The first-order chi connectivity index (χ1) is 12.1. The predicted molar refractivity (Wildman–Crippen MR) is 97.4 cm³/mol. The van der Waals surface area contributed by atoms with Crippen molar-refractivity contribution in [3.8, 4) is 16.9 Å². The molecule has 0 aliphatic rings. The van der Waals surface area contributed by atoms with Gasteiger partial charge >= 0.3 is 5.97 Å². The van der Waals surface area contributed by atoms with E-state index in [9.17, 15) is 14.7 Å². The topological polar surface area (TPSA) is 81.4 Å². The molecule has 0 saturated heterocycles. The largest absolute Gasteiger partial charge is 0.494 e. The van der Waals surface area contributed by atoms with Gasteiger partial charge in [0, 0.05) is 10.9 Å². The van der Waals surface area contributed by atoms with Gasteiger partial charge in [0.25, 0.3) is 5.56 Å². The zero-order chi connectivity index (χ0) is 18.0. The van der Waals surface area contributed by atoms with E-state index in [-0.39, 0.29) is 5.56 Å². The number of hydrogen-bond acceptors (Lipinski definition) is 5. The molecule has 2 aromatic heterocycles. The highest BCUT2D eigenvalue weighted by Crippen LogP contribution is 2.32. The average molecular weight is 358 g/mol. The van der Waals surface area contributed by atoms with Gasteiger partial charge in [0.1, 0.15) is 16.6 Å². The molecule has 1 aromatic carbocycles. The van der Waals surface area contributed by atoms with E-state index < -0.39 is 12.0 Å². The quantitative estimate of drug-likeness (QED) is 0.729. The second-order valence-corrected chi connectivity index (χ2v) is 6.36. The molecule has 0 unspecified atom stereocenters. The van der Waals surface area contributed by atoms with Gasteiger partial charge in [-0.1, -0.05) is 19.1 Å². The molecule has 1 atom stereocenters. The van der Waals surface area contributed by atoms with E-state index in [1.54, 1.807) is 6.92 Å². The molecule has 3 aromatic rings. The summed E-state index contributed by atoms with van der Waals surface area (Å²) in [5.74, 6) is -0.276. The number of benzene rings is 1. The van der Waals surface area contributed by atoms with Gasteiger partial charge in [0.2, 0.25) is 0 Å². The number of nitrogens with zero attached hydrogens (tertiary/aromatic N) is 2. The number of aliphatic carboxylic acids is 1. The van der Waals surface area contributed by atoms with Crippen molar-refractivity contribution in [2.45, 2.75) is 26.3 Å². The first-order valence-electron chi connectivity index (χ1n) is 8.01. The minimum Gasteiger partial charge on any atom is -0.494 e. The minimum atomic E-state index is -1.04. The van der Waals surface area contributed by atoms with E-state index in [4.69, 9.17) is 4.74 Å². The Morgan fingerprint density at radius 1 is 1.32 bits per heavy atom. The fourth-order valence-corrected chi connectivity index (χ4v) is 3.67. The van der Waals surface area contributed by atoms with Crippen molar-refractivity contribution >= 4 is 27.5 Å². The lowest BCUT2D eigenvalue weighted by Crippen LogP contribution is -2.29. The SMILES string of the molecule is CCOc1ccc(-c2csc3ncn([C@H](CC)C(=O)O)c(=O)c23)cc1. The highest BCUT2D eigenvalue weighted by atomic mass is 32.1. The van der Waals surface area contributed by atoms with Gasteiger partial charge in [0.05, 0.1) is 18.3 Å². The Bertz CT molecular complexity index is 959. The predicted octanol–water partition coefficient (Wildman–Crippen LogP) is 3.56. The number of thiophene rings is 1. The lowest BCUT2D eigenvalue weighted by Gasteiger charge is -2.13. The van der Waals surface area contributed by atoms with E-state index in [2.05, 4.69) is 4.98 Å². The van der Waals surface area contributed by atoms with Crippen LogP contribution >= 0.6 is 11.3 Å². The Hall–Kier alpha value is -2.67. The number of aromatic nitrogens is 2. The molecule has 0 bridgehead atoms. The fourth-order valence-electron chi connectivity index (χ4n) is 2.77. The van der Waals surface area contributed by atoms with Crippen molar-refractivity contribution in [2.24, 2.45) is 0 Å². The smallest absolute Gasteiger partial charge is 0.326 e. The van der Waals surface area contributed by atoms with E-state index >= 15 is 0 Å². The summed E-state index contributed by atoms with van der Waals surface area (Å²) in [7, 11) is 0. The van der Waals surface area contributed by atoms with Crippen LogP contribution < -0.4 is 10.3 Å². The fraction of sp³-hybridized carbons (Fsp3) is 0.278. The third-order valence-electron chi connectivity index (χ3n) is 4.00. The summed E-state index contributed by atoms with van der Waals surface area (Å²) >= 11 is 1.37. The summed E-state index contributed by atoms with van der Waals surface area (Å²) in [5.41, 5.74) is 1.30. The van der Waals surface area contributed by atoms with E-state index in [0.717, 1.165) is 16.9 Å². The third kappa shape index (κ3) is 3.15. The third-order valence-corrected chi connectivity index (χ3v) is 4.89. The Kier molecular flexibility index (Phi) is 4.85. The van der Waals surface area contributed by atoms with Gasteiger partial charge in [-0.3, -0.25) is 9.36 Å². The van der Waals surface area contributed by atoms with Gasteiger partial charge in [-0.25, -0.2) is 9.78 Å². The molecule has 25 heavy (non-hydrogen) atoms. The number of ether oxygens (including phenoxy) is 1. The van der Waals surface area contributed by atoms with Crippen LogP contribution in [0.1, 0.15) is 26.3 Å². The molecule has 0 saturated carbocycles. The summed E-state index contributed by atoms with van der Waals surface area (Å²) in [6, 6.07) is 6.56. The molecule has 2 heterocycles. The van der Waals surface area contributed by atoms with Gasteiger partial charge in [-0.15, -0.1) is 11.3 Å². The van der Waals surface area contributed by atoms with Gasteiger partial charge < -0.3 is 9.84 Å². The number of carbonyl (C=O) groups is 1. The number of carboxylic acid groups (broad SMARTS) is 1. The van der Waals surface area contributed by atoms with Crippen LogP contribution in [0.25, 0.3) is 21.3 Å². The normalized spacial score (nSPS) is 12.2. The number of rotatable bonds is 6. The van der Waals surface area contributed by atoms with E-state index in [1.807, 2.05) is 36.6 Å². The molecule has 0 amide bonds. The van der Waals surface area contributed by atoms with Crippen molar-refractivity contribution in [3.05, 3.63) is 46.3 Å². The molecule has 7 heteroatoms. The van der Waals surface area contributed by atoms with E-state index in [0.29, 0.717) is 23.2 Å². The average Bonchev–Trinajstić information content (AvgIpc) is 3.03. The van der Waals surface area contributed by atoms with Crippen LogP contribution in [0.3, 0.4) is 0 Å². The van der Waals surface area contributed by atoms with E-state index in [1.165, 1.54) is 22.2 Å². The van der Waals surface area contributed by atoms with Gasteiger partial charge in [0.15, 0.2) is 0 Å². The molecular formula is C18H18N2O4S. The molecule has 0 radical (unpaired) electrons. The summed E-state index contributed by atoms with van der Waals surface area (Å²) in [4.78, 5) is 29.2. The van der Waals surface area contributed by atoms with Crippen LogP contribution in [0.2, 0.25) is 0 Å². The number of fused-ring (bicyclic) bond motifs is 1. The summed E-state index contributed by atoms with van der Waals surface area (Å²) < 4.78 is 6.64.